The van der Waals surface area contributed by atoms with E-state index in [1.807, 2.05) is 55.3 Å². The molecule has 6 aromatic rings. The SMILES string of the molecule is COC(=O)NC(C(=O)N1CCC[C@H]1c1ncc(-c2ccc(-c3ccc4cc(-c5cnc(C6CCCN6C(=O)C(NC(=O)OC)C(C)C)[nH]5)ccc4c3)cc2)[nH]1)c1ccccc1. The highest BCUT2D eigenvalue weighted by Gasteiger charge is 2.39. The number of hydrogen-bond acceptors (Lipinski definition) is 8. The summed E-state index contributed by atoms with van der Waals surface area (Å²) in [5.74, 6) is 0.972. The van der Waals surface area contributed by atoms with Crippen LogP contribution in [0.1, 0.15) is 74.9 Å². The molecule has 4 aromatic carbocycles. The molecule has 4 heterocycles. The number of aromatic nitrogens is 4. The lowest BCUT2D eigenvalue weighted by molar-refractivity contribution is -0.135. The van der Waals surface area contributed by atoms with Gasteiger partial charge < -0.3 is 39.9 Å². The van der Waals surface area contributed by atoms with E-state index < -0.39 is 24.3 Å². The molecule has 4 atom stereocenters. The van der Waals surface area contributed by atoms with E-state index in [-0.39, 0.29) is 29.8 Å². The number of alkyl carbamates (subject to hydrolysis) is 2. The minimum Gasteiger partial charge on any atom is -0.453 e. The lowest BCUT2D eigenvalue weighted by Gasteiger charge is -2.30. The summed E-state index contributed by atoms with van der Waals surface area (Å²) in [5.41, 5.74) is 6.52. The van der Waals surface area contributed by atoms with Crippen molar-refractivity contribution in [3.63, 3.8) is 0 Å². The van der Waals surface area contributed by atoms with Crippen molar-refractivity contribution >= 4 is 34.8 Å². The Hall–Kier alpha value is -6.96. The van der Waals surface area contributed by atoms with Gasteiger partial charge in [0.1, 0.15) is 23.7 Å². The van der Waals surface area contributed by atoms with Crippen molar-refractivity contribution in [1.82, 2.24) is 40.4 Å². The van der Waals surface area contributed by atoms with Gasteiger partial charge in [-0.1, -0.05) is 92.7 Å². The molecule has 2 aromatic heterocycles. The number of H-pyrrole nitrogens is 2. The molecular formula is C47H50N8O6. The van der Waals surface area contributed by atoms with Gasteiger partial charge >= 0.3 is 12.2 Å². The average molecular weight is 823 g/mol. The number of fused-ring (bicyclic) bond motifs is 1. The van der Waals surface area contributed by atoms with Crippen LogP contribution in [-0.2, 0) is 19.1 Å². The maximum absolute atomic E-state index is 13.9. The molecule has 2 aliphatic rings. The predicted octanol–water partition coefficient (Wildman–Crippen LogP) is 8.09. The number of rotatable bonds is 11. The number of methoxy groups -OCH3 is 2. The quantitative estimate of drug-likeness (QED) is 0.101. The van der Waals surface area contributed by atoms with Gasteiger partial charge in [-0.2, -0.15) is 0 Å². The van der Waals surface area contributed by atoms with Gasteiger partial charge in [0.15, 0.2) is 0 Å². The zero-order chi connectivity index (χ0) is 42.6. The standard InChI is InChI=1S/C47H50N8O6/c1-28(2)40(52-46(58)60-3)44(56)54-22-8-12-38(54)43-49-27-37(51-43)35-21-20-33-24-32(18-19-34(33)25-35)29-14-16-30(17-15-29)36-26-48-42(50-36)39-13-9-23-55(39)45(57)41(53-47(59)61-4)31-10-6-5-7-11-31/h5-7,10-11,14-21,24-28,38-41H,8-9,12-13,22-23H2,1-4H3,(H,48,50)(H,49,51)(H,52,58)(H,53,59)/t38?,39-,40?,41?/m0/s1. The van der Waals surface area contributed by atoms with Crippen molar-refractivity contribution < 1.29 is 28.7 Å². The first kappa shape index (κ1) is 40.8. The molecule has 0 bridgehead atoms. The molecule has 0 spiro atoms. The summed E-state index contributed by atoms with van der Waals surface area (Å²) >= 11 is 0. The minimum absolute atomic E-state index is 0.108. The second-order valence-corrected chi connectivity index (χ2v) is 15.9. The average Bonchev–Trinajstić information content (AvgIpc) is 4.14. The molecule has 14 heteroatoms. The van der Waals surface area contributed by atoms with Crippen LogP contribution in [0.3, 0.4) is 0 Å². The van der Waals surface area contributed by atoms with Gasteiger partial charge in [0.05, 0.1) is 50.1 Å². The summed E-state index contributed by atoms with van der Waals surface area (Å²) in [6.45, 7) is 4.95. The van der Waals surface area contributed by atoms with E-state index in [1.54, 1.807) is 11.1 Å². The number of nitrogens with zero attached hydrogens (tertiary/aromatic N) is 4. The number of amides is 4. The predicted molar refractivity (Wildman–Crippen MR) is 231 cm³/mol. The van der Waals surface area contributed by atoms with Crippen LogP contribution >= 0.6 is 0 Å². The molecule has 2 saturated heterocycles. The van der Waals surface area contributed by atoms with E-state index in [2.05, 4.69) is 81.3 Å². The minimum atomic E-state index is -0.880. The Bertz CT molecular complexity index is 2530. The number of ether oxygens (including phenoxy) is 2. The van der Waals surface area contributed by atoms with E-state index in [0.717, 1.165) is 75.9 Å². The van der Waals surface area contributed by atoms with Gasteiger partial charge in [0, 0.05) is 18.7 Å². The lowest BCUT2D eigenvalue weighted by atomic mass is 9.98. The molecule has 4 amide bonds. The molecule has 314 valence electrons. The highest BCUT2D eigenvalue weighted by molar-refractivity contribution is 5.91. The Morgan fingerprint density at radius 2 is 1.15 bits per heavy atom. The third kappa shape index (κ3) is 8.56. The van der Waals surface area contributed by atoms with E-state index in [9.17, 15) is 19.2 Å². The highest BCUT2D eigenvalue weighted by atomic mass is 16.5. The van der Waals surface area contributed by atoms with Crippen LogP contribution in [-0.4, -0.2) is 87.1 Å². The topological polar surface area (TPSA) is 175 Å². The summed E-state index contributed by atoms with van der Waals surface area (Å²) in [7, 11) is 2.57. The summed E-state index contributed by atoms with van der Waals surface area (Å²) < 4.78 is 9.60. The fourth-order valence-electron chi connectivity index (χ4n) is 8.52. The maximum Gasteiger partial charge on any atom is 0.407 e. The molecule has 2 aliphatic heterocycles. The van der Waals surface area contributed by atoms with Crippen molar-refractivity contribution in [2.45, 2.75) is 63.7 Å². The van der Waals surface area contributed by atoms with Gasteiger partial charge in [-0.05, 0) is 76.8 Å². The fraction of sp³-hybridized carbons (Fsp3) is 0.319. The zero-order valence-electron chi connectivity index (χ0n) is 34.7. The Morgan fingerprint density at radius 1 is 0.639 bits per heavy atom. The number of benzene rings is 4. The number of aromatic amines is 2. The van der Waals surface area contributed by atoms with Gasteiger partial charge in [0.2, 0.25) is 5.91 Å². The van der Waals surface area contributed by atoms with Gasteiger partial charge in [-0.3, -0.25) is 9.59 Å². The smallest absolute Gasteiger partial charge is 0.407 e. The van der Waals surface area contributed by atoms with Crippen molar-refractivity contribution in [2.24, 2.45) is 5.92 Å². The molecule has 0 radical (unpaired) electrons. The van der Waals surface area contributed by atoms with Crippen molar-refractivity contribution in [3.8, 4) is 33.6 Å². The number of hydrogen-bond donors (Lipinski definition) is 4. The lowest BCUT2D eigenvalue weighted by Crippen LogP contribution is -2.51. The molecule has 14 nitrogen and oxygen atoms in total. The van der Waals surface area contributed by atoms with Crippen molar-refractivity contribution in [3.05, 3.63) is 121 Å². The number of nitrogens with one attached hydrogen (secondary N) is 4. The van der Waals surface area contributed by atoms with Gasteiger partial charge in [0.25, 0.3) is 5.91 Å². The van der Waals surface area contributed by atoms with Crippen LogP contribution < -0.4 is 10.6 Å². The third-order valence-electron chi connectivity index (χ3n) is 11.8. The number of carbonyl (C=O) groups is 4. The normalized spacial score (nSPS) is 17.3. The molecular weight excluding hydrogens is 773 g/mol. The molecule has 0 saturated carbocycles. The third-order valence-corrected chi connectivity index (χ3v) is 11.8. The first-order valence-corrected chi connectivity index (χ1v) is 20.7. The highest BCUT2D eigenvalue weighted by Crippen LogP contribution is 2.36. The molecule has 8 rings (SSSR count). The van der Waals surface area contributed by atoms with Gasteiger partial charge in [-0.25, -0.2) is 19.6 Å². The maximum atomic E-state index is 13.9. The second kappa shape index (κ2) is 17.7. The van der Waals surface area contributed by atoms with Crippen LogP contribution in [0.15, 0.2) is 103 Å². The number of imidazole rings is 2. The Kier molecular flexibility index (Phi) is 11.9. The first-order chi connectivity index (χ1) is 29.6. The molecule has 3 unspecified atom stereocenters. The monoisotopic (exact) mass is 822 g/mol. The Morgan fingerprint density at radius 3 is 1.74 bits per heavy atom. The number of likely N-dealkylation sites (tertiary alicyclic amines) is 2. The summed E-state index contributed by atoms with van der Waals surface area (Å²) in [6.07, 6.45) is 5.53. The second-order valence-electron chi connectivity index (χ2n) is 15.9. The zero-order valence-corrected chi connectivity index (χ0v) is 34.7. The van der Waals surface area contributed by atoms with E-state index in [1.165, 1.54) is 14.2 Å². The fourth-order valence-corrected chi connectivity index (χ4v) is 8.52. The van der Waals surface area contributed by atoms with Crippen LogP contribution in [0.25, 0.3) is 44.4 Å². The molecule has 2 fully saturated rings. The van der Waals surface area contributed by atoms with Crippen LogP contribution in [0.2, 0.25) is 0 Å². The first-order valence-electron chi connectivity index (χ1n) is 20.7. The Balaban J connectivity index is 0.942. The van der Waals surface area contributed by atoms with Crippen LogP contribution in [0.4, 0.5) is 9.59 Å². The number of carbonyl (C=O) groups excluding carboxylic acids is 4. The molecule has 0 aliphatic carbocycles. The Labute approximate surface area is 354 Å². The van der Waals surface area contributed by atoms with E-state index in [4.69, 9.17) is 19.4 Å². The largest absolute Gasteiger partial charge is 0.453 e. The summed E-state index contributed by atoms with van der Waals surface area (Å²) in [6, 6.07) is 28.2. The van der Waals surface area contributed by atoms with Crippen LogP contribution in [0.5, 0.6) is 0 Å². The van der Waals surface area contributed by atoms with E-state index >= 15 is 0 Å². The van der Waals surface area contributed by atoms with Crippen molar-refractivity contribution in [2.75, 3.05) is 27.3 Å². The van der Waals surface area contributed by atoms with Crippen molar-refractivity contribution in [1.29, 1.82) is 0 Å². The van der Waals surface area contributed by atoms with E-state index in [0.29, 0.717) is 24.5 Å². The molecule has 4 N–H and O–H groups in total. The van der Waals surface area contributed by atoms with Gasteiger partial charge in [-0.15, -0.1) is 0 Å². The summed E-state index contributed by atoms with van der Waals surface area (Å²) in [4.78, 5) is 71.7. The molecule has 61 heavy (non-hydrogen) atoms. The van der Waals surface area contributed by atoms with Crippen LogP contribution in [0, 0.1) is 5.92 Å². The summed E-state index contributed by atoms with van der Waals surface area (Å²) in [5, 5.41) is 7.60.